The molecular weight excluding hydrogens is 176 g/mol. The second-order valence-corrected chi connectivity index (χ2v) is 2.67. The van der Waals surface area contributed by atoms with Crippen LogP contribution in [0.4, 0.5) is 0 Å². The molecule has 0 aromatic heterocycles. The molecule has 1 aromatic carbocycles. The molecular formula is C11H10N2O. The Hall–Kier alpha value is -2.08. The van der Waals surface area contributed by atoms with Gasteiger partial charge in [-0.15, -0.1) is 0 Å². The summed E-state index contributed by atoms with van der Waals surface area (Å²) in [5.74, 6) is -0.208. The molecule has 1 aromatic rings. The Morgan fingerprint density at radius 3 is 3.00 bits per heavy atom. The van der Waals surface area contributed by atoms with Gasteiger partial charge in [-0.05, 0) is 31.3 Å². The van der Waals surface area contributed by atoms with Crippen molar-refractivity contribution in [2.24, 2.45) is 0 Å². The summed E-state index contributed by atoms with van der Waals surface area (Å²) in [6.07, 6.45) is 3.29. The maximum Gasteiger partial charge on any atom is 0.255 e. The standard InChI is InChI=1S/C11H10N2O/c1-2-6-13-11(14)10-5-3-4-9(7-10)8-12/h2-7H,1H3,(H,13,14)/b6-2+. The minimum absolute atomic E-state index is 0.208. The van der Waals surface area contributed by atoms with Gasteiger partial charge in [0, 0.05) is 5.56 Å². The van der Waals surface area contributed by atoms with Crippen LogP contribution >= 0.6 is 0 Å². The van der Waals surface area contributed by atoms with Gasteiger partial charge in [0.25, 0.3) is 5.91 Å². The number of nitrogens with zero attached hydrogens (tertiary/aromatic N) is 1. The zero-order chi connectivity index (χ0) is 10.4. The van der Waals surface area contributed by atoms with Gasteiger partial charge < -0.3 is 5.32 Å². The predicted octanol–water partition coefficient (Wildman–Crippen LogP) is 1.82. The smallest absolute Gasteiger partial charge is 0.255 e. The van der Waals surface area contributed by atoms with Crippen molar-refractivity contribution in [2.45, 2.75) is 6.92 Å². The summed E-state index contributed by atoms with van der Waals surface area (Å²) < 4.78 is 0. The van der Waals surface area contributed by atoms with Crippen molar-refractivity contribution in [2.75, 3.05) is 0 Å². The Bertz CT molecular complexity index is 402. The van der Waals surface area contributed by atoms with E-state index in [1.165, 1.54) is 0 Å². The van der Waals surface area contributed by atoms with Crippen molar-refractivity contribution in [3.63, 3.8) is 0 Å². The highest BCUT2D eigenvalue weighted by molar-refractivity contribution is 5.95. The van der Waals surface area contributed by atoms with E-state index >= 15 is 0 Å². The monoisotopic (exact) mass is 186 g/mol. The summed E-state index contributed by atoms with van der Waals surface area (Å²) in [5.41, 5.74) is 0.972. The molecule has 3 nitrogen and oxygen atoms in total. The Morgan fingerprint density at radius 2 is 2.36 bits per heavy atom. The van der Waals surface area contributed by atoms with Gasteiger partial charge in [0.05, 0.1) is 11.6 Å². The van der Waals surface area contributed by atoms with Crippen molar-refractivity contribution in [3.05, 3.63) is 47.7 Å². The number of nitriles is 1. The molecule has 0 aliphatic heterocycles. The summed E-state index contributed by atoms with van der Waals surface area (Å²) >= 11 is 0. The second-order valence-electron chi connectivity index (χ2n) is 2.67. The van der Waals surface area contributed by atoms with Gasteiger partial charge in [0.2, 0.25) is 0 Å². The summed E-state index contributed by atoms with van der Waals surface area (Å²) in [7, 11) is 0. The first-order valence-corrected chi connectivity index (χ1v) is 4.20. The fraction of sp³-hybridized carbons (Fsp3) is 0.0909. The Balaban J connectivity index is 2.86. The topological polar surface area (TPSA) is 52.9 Å². The summed E-state index contributed by atoms with van der Waals surface area (Å²) in [6.45, 7) is 1.81. The molecule has 0 radical (unpaired) electrons. The van der Waals surface area contributed by atoms with Crippen molar-refractivity contribution in [3.8, 4) is 6.07 Å². The van der Waals surface area contributed by atoms with Crippen LogP contribution in [0.5, 0.6) is 0 Å². The number of carbonyl (C=O) groups is 1. The highest BCUT2D eigenvalue weighted by Crippen LogP contribution is 2.03. The quantitative estimate of drug-likeness (QED) is 0.765. The fourth-order valence-corrected chi connectivity index (χ4v) is 0.972. The lowest BCUT2D eigenvalue weighted by atomic mass is 10.1. The molecule has 0 unspecified atom stereocenters. The summed E-state index contributed by atoms with van der Waals surface area (Å²) in [6, 6.07) is 8.54. The molecule has 0 bridgehead atoms. The lowest BCUT2D eigenvalue weighted by Crippen LogP contribution is -2.16. The number of allylic oxidation sites excluding steroid dienone is 1. The van der Waals surface area contributed by atoms with E-state index in [2.05, 4.69) is 5.32 Å². The molecule has 0 spiro atoms. The molecule has 0 fully saturated rings. The van der Waals surface area contributed by atoms with Crippen molar-refractivity contribution in [1.29, 1.82) is 5.26 Å². The van der Waals surface area contributed by atoms with Crippen molar-refractivity contribution < 1.29 is 4.79 Å². The Morgan fingerprint density at radius 1 is 1.57 bits per heavy atom. The van der Waals surface area contributed by atoms with Gasteiger partial charge in [0.15, 0.2) is 0 Å². The maximum atomic E-state index is 11.4. The van der Waals surface area contributed by atoms with Crippen LogP contribution in [0, 0.1) is 11.3 Å². The molecule has 0 saturated carbocycles. The third-order valence-corrected chi connectivity index (χ3v) is 1.63. The number of nitrogens with one attached hydrogen (secondary N) is 1. The highest BCUT2D eigenvalue weighted by Gasteiger charge is 2.03. The molecule has 1 rings (SSSR count). The average molecular weight is 186 g/mol. The molecule has 0 aliphatic carbocycles. The van der Waals surface area contributed by atoms with Crippen LogP contribution in [0.1, 0.15) is 22.8 Å². The first kappa shape index (κ1) is 10.0. The van der Waals surface area contributed by atoms with Crippen LogP contribution < -0.4 is 5.32 Å². The molecule has 14 heavy (non-hydrogen) atoms. The highest BCUT2D eigenvalue weighted by atomic mass is 16.1. The molecule has 0 heterocycles. The lowest BCUT2D eigenvalue weighted by Gasteiger charge is -1.99. The minimum atomic E-state index is -0.208. The first-order valence-electron chi connectivity index (χ1n) is 4.20. The summed E-state index contributed by atoms with van der Waals surface area (Å²) in [4.78, 5) is 11.4. The number of rotatable bonds is 2. The van der Waals surface area contributed by atoms with Crippen LogP contribution in [-0.2, 0) is 0 Å². The normalized spacial score (nSPS) is 9.71. The van der Waals surface area contributed by atoms with E-state index in [0.29, 0.717) is 11.1 Å². The SMILES string of the molecule is C/C=C/NC(=O)c1cccc(C#N)c1. The zero-order valence-corrected chi connectivity index (χ0v) is 7.82. The van der Waals surface area contributed by atoms with Crippen LogP contribution in [-0.4, -0.2) is 5.91 Å². The van der Waals surface area contributed by atoms with E-state index in [4.69, 9.17) is 5.26 Å². The number of amides is 1. The lowest BCUT2D eigenvalue weighted by molar-refractivity contribution is 0.0970. The minimum Gasteiger partial charge on any atom is -0.329 e. The van der Waals surface area contributed by atoms with Crippen molar-refractivity contribution in [1.82, 2.24) is 5.32 Å². The largest absolute Gasteiger partial charge is 0.329 e. The van der Waals surface area contributed by atoms with E-state index in [0.717, 1.165) is 0 Å². The fourth-order valence-electron chi connectivity index (χ4n) is 0.972. The number of carbonyl (C=O) groups excluding carboxylic acids is 1. The van der Waals surface area contributed by atoms with Gasteiger partial charge in [-0.2, -0.15) is 5.26 Å². The third-order valence-electron chi connectivity index (χ3n) is 1.63. The van der Waals surface area contributed by atoms with Crippen molar-refractivity contribution >= 4 is 5.91 Å². The maximum absolute atomic E-state index is 11.4. The van der Waals surface area contributed by atoms with E-state index in [1.54, 1.807) is 36.5 Å². The van der Waals surface area contributed by atoms with Gasteiger partial charge >= 0.3 is 0 Å². The first-order chi connectivity index (χ1) is 6.77. The molecule has 0 saturated heterocycles. The molecule has 0 atom stereocenters. The molecule has 0 aliphatic rings. The third kappa shape index (κ3) is 2.46. The molecule has 1 amide bonds. The van der Waals surface area contributed by atoms with Crippen LogP contribution in [0.25, 0.3) is 0 Å². The van der Waals surface area contributed by atoms with Gasteiger partial charge in [-0.25, -0.2) is 0 Å². The van der Waals surface area contributed by atoms with E-state index < -0.39 is 0 Å². The van der Waals surface area contributed by atoms with Gasteiger partial charge in [0.1, 0.15) is 0 Å². The molecule has 3 heteroatoms. The molecule has 70 valence electrons. The van der Waals surface area contributed by atoms with Crippen LogP contribution in [0.2, 0.25) is 0 Å². The second kappa shape index (κ2) is 4.83. The predicted molar refractivity (Wildman–Crippen MR) is 53.4 cm³/mol. The van der Waals surface area contributed by atoms with Gasteiger partial charge in [-0.1, -0.05) is 12.1 Å². The van der Waals surface area contributed by atoms with Gasteiger partial charge in [-0.3, -0.25) is 4.79 Å². The number of hydrogen-bond donors (Lipinski definition) is 1. The number of hydrogen-bond acceptors (Lipinski definition) is 2. The Kier molecular flexibility index (Phi) is 3.45. The molecule has 1 N–H and O–H groups in total. The van der Waals surface area contributed by atoms with E-state index in [9.17, 15) is 4.79 Å². The van der Waals surface area contributed by atoms with Crippen LogP contribution in [0.3, 0.4) is 0 Å². The van der Waals surface area contributed by atoms with Crippen LogP contribution in [0.15, 0.2) is 36.5 Å². The average Bonchev–Trinajstić information content (AvgIpc) is 2.26. The number of benzene rings is 1. The van der Waals surface area contributed by atoms with E-state index in [1.807, 2.05) is 13.0 Å². The van der Waals surface area contributed by atoms with E-state index in [-0.39, 0.29) is 5.91 Å². The zero-order valence-electron chi connectivity index (χ0n) is 7.82. The Labute approximate surface area is 82.7 Å². The summed E-state index contributed by atoms with van der Waals surface area (Å²) in [5, 5.41) is 11.2.